The third-order valence-electron chi connectivity index (χ3n) is 9.11. The van der Waals surface area contributed by atoms with Crippen molar-refractivity contribution in [2.75, 3.05) is 13.2 Å². The zero-order valence-electron chi connectivity index (χ0n) is 29.1. The Kier molecular flexibility index (Phi) is 37.9. The van der Waals surface area contributed by atoms with Gasteiger partial charge in [-0.05, 0) is 18.8 Å². The van der Waals surface area contributed by atoms with E-state index in [4.69, 9.17) is 4.74 Å². The van der Waals surface area contributed by atoms with Crippen LogP contribution >= 0.6 is 0 Å². The number of rotatable bonds is 37. The molecular weight excluding hydrogens is 496 g/mol. The van der Waals surface area contributed by atoms with E-state index >= 15 is 0 Å². The highest BCUT2D eigenvalue weighted by Gasteiger charge is 1.98. The van der Waals surface area contributed by atoms with Gasteiger partial charge in [0.2, 0.25) is 0 Å². The molecule has 0 atom stereocenters. The van der Waals surface area contributed by atoms with Crippen LogP contribution < -0.4 is 0 Å². The van der Waals surface area contributed by atoms with Gasteiger partial charge >= 0.3 is 0 Å². The van der Waals surface area contributed by atoms with Crippen LogP contribution in [-0.4, -0.2) is 13.2 Å². The van der Waals surface area contributed by atoms with Gasteiger partial charge in [-0.25, -0.2) is 0 Å². The molecule has 0 aromatic rings. The first-order valence-electron chi connectivity index (χ1n) is 19.6. The zero-order chi connectivity index (χ0) is 29.7. The Bertz CT molecular complexity index is 431. The monoisotopic (exact) mass is 578 g/mol. The van der Waals surface area contributed by atoms with Gasteiger partial charge in [0.25, 0.3) is 0 Å². The molecule has 0 aromatic carbocycles. The molecule has 247 valence electrons. The normalized spacial score (nSPS) is 11.7. The molecule has 1 radical (unpaired) electrons. The Morgan fingerprint density at radius 2 is 0.537 bits per heavy atom. The SMILES string of the molecule is [CH2]CCCCCCCCCCCCCCCCCCCCCOCCCCCCCCCCCCCCCC(C)C. The van der Waals surface area contributed by atoms with E-state index in [2.05, 4.69) is 20.8 Å². The molecule has 0 aliphatic heterocycles. The molecule has 0 unspecified atom stereocenters. The standard InChI is InChI=1S/C40H81O/c1-4-5-6-7-8-9-10-11-12-13-14-15-16-17-20-23-26-29-32-35-38-41-39-36-33-30-27-24-21-18-19-22-25-28-31-34-37-40(2)3/h40H,1,4-39H2,2-3H3. The maximum absolute atomic E-state index is 5.89. The third kappa shape index (κ3) is 40.0. The van der Waals surface area contributed by atoms with Crippen LogP contribution in [0.3, 0.4) is 0 Å². The molecule has 0 fully saturated rings. The van der Waals surface area contributed by atoms with Crippen LogP contribution in [0.2, 0.25) is 0 Å². The number of unbranched alkanes of at least 4 members (excludes halogenated alkanes) is 31. The Labute approximate surface area is 262 Å². The second-order valence-corrected chi connectivity index (χ2v) is 14.0. The van der Waals surface area contributed by atoms with Crippen molar-refractivity contribution in [1.29, 1.82) is 0 Å². The first kappa shape index (κ1) is 41.0. The summed E-state index contributed by atoms with van der Waals surface area (Å²) in [4.78, 5) is 0. The van der Waals surface area contributed by atoms with E-state index < -0.39 is 0 Å². The van der Waals surface area contributed by atoms with Gasteiger partial charge in [0, 0.05) is 13.2 Å². The van der Waals surface area contributed by atoms with Crippen LogP contribution in [-0.2, 0) is 4.74 Å². The molecule has 0 saturated heterocycles. The van der Waals surface area contributed by atoms with E-state index in [0.29, 0.717) is 0 Å². The molecule has 0 aliphatic carbocycles. The summed E-state index contributed by atoms with van der Waals surface area (Å²) in [7, 11) is 0. The Balaban J connectivity index is 3.03. The third-order valence-corrected chi connectivity index (χ3v) is 9.11. The highest BCUT2D eigenvalue weighted by molar-refractivity contribution is 4.53. The summed E-state index contributed by atoms with van der Waals surface area (Å²) >= 11 is 0. The smallest absolute Gasteiger partial charge is 0.0466 e. The van der Waals surface area contributed by atoms with E-state index in [-0.39, 0.29) is 0 Å². The second-order valence-electron chi connectivity index (χ2n) is 14.0. The summed E-state index contributed by atoms with van der Waals surface area (Å²) in [6, 6.07) is 0. The molecular formula is C40H81O. The molecule has 0 N–H and O–H groups in total. The van der Waals surface area contributed by atoms with E-state index in [1.54, 1.807) is 0 Å². The van der Waals surface area contributed by atoms with E-state index in [9.17, 15) is 0 Å². The maximum atomic E-state index is 5.89. The van der Waals surface area contributed by atoms with Crippen LogP contribution in [0, 0.1) is 12.8 Å². The van der Waals surface area contributed by atoms with Crippen molar-refractivity contribution in [3.8, 4) is 0 Å². The molecule has 1 nitrogen and oxygen atoms in total. The first-order valence-corrected chi connectivity index (χ1v) is 19.6. The van der Waals surface area contributed by atoms with Crippen molar-refractivity contribution in [2.45, 2.75) is 232 Å². The molecule has 0 bridgehead atoms. The average molecular weight is 578 g/mol. The fraction of sp³-hybridized carbons (Fsp3) is 0.975. The van der Waals surface area contributed by atoms with Crippen molar-refractivity contribution in [3.05, 3.63) is 6.92 Å². The van der Waals surface area contributed by atoms with E-state index in [1.807, 2.05) is 0 Å². The summed E-state index contributed by atoms with van der Waals surface area (Å²) in [5.41, 5.74) is 0. The quantitative estimate of drug-likeness (QED) is 0.0667. The van der Waals surface area contributed by atoms with Gasteiger partial charge in [0.1, 0.15) is 0 Å². The molecule has 0 aromatic heterocycles. The lowest BCUT2D eigenvalue weighted by molar-refractivity contribution is 0.125. The lowest BCUT2D eigenvalue weighted by atomic mass is 10.0. The maximum Gasteiger partial charge on any atom is 0.0466 e. The second kappa shape index (κ2) is 38.0. The summed E-state index contributed by atoms with van der Waals surface area (Å²) in [5, 5.41) is 0. The van der Waals surface area contributed by atoms with Crippen molar-refractivity contribution in [1.82, 2.24) is 0 Å². The highest BCUT2D eigenvalue weighted by atomic mass is 16.5. The van der Waals surface area contributed by atoms with Crippen molar-refractivity contribution < 1.29 is 4.74 Å². The minimum atomic E-state index is 0.889. The summed E-state index contributed by atoms with van der Waals surface area (Å²) < 4.78 is 5.89. The van der Waals surface area contributed by atoms with Crippen molar-refractivity contribution >= 4 is 0 Å². The minimum Gasteiger partial charge on any atom is -0.381 e. The Morgan fingerprint density at radius 3 is 0.780 bits per heavy atom. The molecule has 0 heterocycles. The minimum absolute atomic E-state index is 0.889. The van der Waals surface area contributed by atoms with Gasteiger partial charge in [-0.1, -0.05) is 226 Å². The summed E-state index contributed by atoms with van der Waals surface area (Å²) in [6.45, 7) is 10.6. The molecule has 1 heteroatoms. The van der Waals surface area contributed by atoms with Gasteiger partial charge in [0.05, 0.1) is 0 Å². The fourth-order valence-corrected chi connectivity index (χ4v) is 6.19. The number of ether oxygens (including phenoxy) is 1. The topological polar surface area (TPSA) is 9.23 Å². The molecule has 0 aliphatic rings. The largest absolute Gasteiger partial charge is 0.381 e. The molecule has 0 rings (SSSR count). The van der Waals surface area contributed by atoms with E-state index in [1.165, 1.54) is 212 Å². The van der Waals surface area contributed by atoms with Crippen LogP contribution in [0.5, 0.6) is 0 Å². The predicted octanol–water partition coefficient (Wildman–Crippen LogP) is 14.8. The number of hydrogen-bond acceptors (Lipinski definition) is 1. The molecule has 0 saturated carbocycles. The van der Waals surface area contributed by atoms with Gasteiger partial charge in [-0.2, -0.15) is 0 Å². The number of hydrogen-bond donors (Lipinski definition) is 0. The van der Waals surface area contributed by atoms with Crippen molar-refractivity contribution in [3.63, 3.8) is 0 Å². The highest BCUT2D eigenvalue weighted by Crippen LogP contribution is 2.16. The van der Waals surface area contributed by atoms with Gasteiger partial charge in [0.15, 0.2) is 0 Å². The first-order chi connectivity index (χ1) is 20.3. The predicted molar refractivity (Wildman–Crippen MR) is 188 cm³/mol. The lowest BCUT2D eigenvalue weighted by Crippen LogP contribution is -1.97. The van der Waals surface area contributed by atoms with Crippen molar-refractivity contribution in [2.24, 2.45) is 5.92 Å². The zero-order valence-corrected chi connectivity index (χ0v) is 29.1. The van der Waals surface area contributed by atoms with Gasteiger partial charge < -0.3 is 4.74 Å². The van der Waals surface area contributed by atoms with E-state index in [0.717, 1.165) is 25.6 Å². The Hall–Kier alpha value is -0.0400. The van der Waals surface area contributed by atoms with Crippen LogP contribution in [0.4, 0.5) is 0 Å². The van der Waals surface area contributed by atoms with Gasteiger partial charge in [-0.3, -0.25) is 0 Å². The van der Waals surface area contributed by atoms with Crippen LogP contribution in [0.1, 0.15) is 232 Å². The summed E-state index contributed by atoms with van der Waals surface area (Å²) in [5.74, 6) is 0.889. The molecule has 0 spiro atoms. The fourth-order valence-electron chi connectivity index (χ4n) is 6.19. The molecule has 41 heavy (non-hydrogen) atoms. The molecule has 0 amide bonds. The Morgan fingerprint density at radius 1 is 0.317 bits per heavy atom. The average Bonchev–Trinajstić information content (AvgIpc) is 2.97. The summed E-state index contributed by atoms with van der Waals surface area (Å²) in [6.07, 6.45) is 48.5. The van der Waals surface area contributed by atoms with Gasteiger partial charge in [-0.15, -0.1) is 0 Å². The lowest BCUT2D eigenvalue weighted by Gasteiger charge is -2.06. The van der Waals surface area contributed by atoms with Crippen LogP contribution in [0.15, 0.2) is 0 Å². The van der Waals surface area contributed by atoms with Crippen LogP contribution in [0.25, 0.3) is 0 Å².